The summed E-state index contributed by atoms with van der Waals surface area (Å²) in [6, 6.07) is 5.85. The minimum atomic E-state index is -0.998. The van der Waals surface area contributed by atoms with Gasteiger partial charge in [0.15, 0.2) is 5.78 Å². The van der Waals surface area contributed by atoms with E-state index in [4.69, 9.17) is 14.0 Å². The molecule has 0 radical (unpaired) electrons. The van der Waals surface area contributed by atoms with Crippen molar-refractivity contribution in [1.29, 1.82) is 0 Å². The van der Waals surface area contributed by atoms with Gasteiger partial charge >= 0.3 is 0 Å². The quantitative estimate of drug-likeness (QED) is 0.326. The number of hydrogen-bond donors (Lipinski definition) is 3. The number of benzene rings is 1. The van der Waals surface area contributed by atoms with Crippen LogP contribution >= 0.6 is 0 Å². The minimum absolute atomic E-state index is 0.0359. The van der Waals surface area contributed by atoms with Crippen LogP contribution in [-0.4, -0.2) is 66.1 Å². The number of carbonyl (C=O) groups excluding carboxylic acids is 4. The molecule has 1 aromatic carbocycles. The first-order valence-electron chi connectivity index (χ1n) is 13.3. The van der Waals surface area contributed by atoms with Gasteiger partial charge in [0.25, 0.3) is 5.91 Å². The molecule has 39 heavy (non-hydrogen) atoms. The molecule has 2 aliphatic rings. The second-order valence-corrected chi connectivity index (χ2v) is 10.5. The van der Waals surface area contributed by atoms with E-state index in [0.29, 0.717) is 24.7 Å². The number of methoxy groups -OCH3 is 1. The Hall–Kier alpha value is -3.73. The van der Waals surface area contributed by atoms with Gasteiger partial charge in [-0.15, -0.1) is 0 Å². The summed E-state index contributed by atoms with van der Waals surface area (Å²) >= 11 is 0. The molecule has 0 spiro atoms. The molecule has 1 aliphatic heterocycles. The molecule has 1 saturated carbocycles. The van der Waals surface area contributed by atoms with Crippen molar-refractivity contribution in [3.8, 4) is 5.75 Å². The summed E-state index contributed by atoms with van der Waals surface area (Å²) in [5.41, 5.74) is -0.101. The van der Waals surface area contributed by atoms with E-state index in [-0.39, 0.29) is 18.0 Å². The normalized spacial score (nSPS) is 20.9. The lowest BCUT2D eigenvalue weighted by Gasteiger charge is -2.26. The van der Waals surface area contributed by atoms with Gasteiger partial charge in [-0.25, -0.2) is 0 Å². The third kappa shape index (κ3) is 7.44. The van der Waals surface area contributed by atoms with E-state index in [1.165, 1.54) is 19.2 Å². The number of hydrogen-bond acceptors (Lipinski definition) is 8. The fraction of sp³-hybridized carbons (Fsp3) is 0.536. The number of amides is 3. The van der Waals surface area contributed by atoms with Crippen LogP contribution in [0.25, 0.3) is 0 Å². The molecule has 3 amide bonds. The number of Topliss-reactive ketones (excluding diaryl/α,β-unsaturated/α-hetero) is 1. The molecular formula is C28H36N4O7. The highest BCUT2D eigenvalue weighted by atomic mass is 16.6. The summed E-state index contributed by atoms with van der Waals surface area (Å²) in [5, 5.41) is 11.7. The van der Waals surface area contributed by atoms with E-state index < -0.39 is 41.4 Å². The lowest BCUT2D eigenvalue weighted by Crippen LogP contribution is -2.57. The van der Waals surface area contributed by atoms with E-state index in [2.05, 4.69) is 21.1 Å². The van der Waals surface area contributed by atoms with Gasteiger partial charge in [0, 0.05) is 12.5 Å². The maximum absolute atomic E-state index is 13.6. The van der Waals surface area contributed by atoms with E-state index in [9.17, 15) is 19.2 Å². The van der Waals surface area contributed by atoms with E-state index in [1.54, 1.807) is 38.3 Å². The van der Waals surface area contributed by atoms with Crippen LogP contribution in [0.2, 0.25) is 0 Å². The van der Waals surface area contributed by atoms with E-state index >= 15 is 0 Å². The lowest BCUT2D eigenvalue weighted by molar-refractivity contribution is -0.133. The van der Waals surface area contributed by atoms with Crippen LogP contribution in [0.15, 0.2) is 41.1 Å². The molecule has 3 N–H and O–H groups in total. The number of epoxide rings is 1. The van der Waals surface area contributed by atoms with Crippen molar-refractivity contribution < 1.29 is 33.2 Å². The van der Waals surface area contributed by atoms with Crippen LogP contribution in [0.3, 0.4) is 0 Å². The van der Waals surface area contributed by atoms with E-state index in [0.717, 1.165) is 31.2 Å². The summed E-state index contributed by atoms with van der Waals surface area (Å²) in [4.78, 5) is 52.3. The van der Waals surface area contributed by atoms with Crippen molar-refractivity contribution in [3.63, 3.8) is 0 Å². The summed E-state index contributed by atoms with van der Waals surface area (Å²) in [5.74, 6) is -0.821. The first-order chi connectivity index (χ1) is 18.7. The van der Waals surface area contributed by atoms with Gasteiger partial charge in [-0.1, -0.05) is 43.0 Å². The molecule has 0 unspecified atom stereocenters. The molecule has 11 nitrogen and oxygen atoms in total. The standard InChI is InChI=1S/C28H36N4O7/c1-17(30-27(36)23-12-13-29-39-23)25(34)32-22(15-19-8-10-20(37-3)11-9-19)26(35)31-21(14-18-6-4-5-7-18)24(33)28(2)16-38-28/h8-13,17-18,21-22H,4-7,14-16H2,1-3H3,(H,30,36)(H,31,35)(H,32,34)/t17-,21+,22+,28+/m1/s1. The highest BCUT2D eigenvalue weighted by Crippen LogP contribution is 2.33. The zero-order chi connectivity index (χ0) is 28.0. The van der Waals surface area contributed by atoms with Crippen molar-refractivity contribution in [3.05, 3.63) is 47.9 Å². The average Bonchev–Trinajstić information content (AvgIpc) is 3.32. The van der Waals surface area contributed by atoms with Crippen LogP contribution < -0.4 is 20.7 Å². The van der Waals surface area contributed by atoms with Crippen LogP contribution in [0.1, 0.15) is 62.1 Å². The Bertz CT molecular complexity index is 1160. The van der Waals surface area contributed by atoms with Gasteiger partial charge in [0.1, 0.15) is 23.4 Å². The molecule has 2 aromatic rings. The molecule has 1 aliphatic carbocycles. The Kier molecular flexibility index (Phi) is 9.01. The second kappa shape index (κ2) is 12.4. The molecule has 0 bridgehead atoms. The van der Waals surface area contributed by atoms with Gasteiger partial charge in [-0.2, -0.15) is 0 Å². The van der Waals surface area contributed by atoms with Crippen LogP contribution in [0.4, 0.5) is 0 Å². The lowest BCUT2D eigenvalue weighted by atomic mass is 9.90. The van der Waals surface area contributed by atoms with Crippen molar-refractivity contribution in [2.45, 2.75) is 76.1 Å². The molecule has 2 fully saturated rings. The number of ether oxygens (including phenoxy) is 2. The fourth-order valence-corrected chi connectivity index (χ4v) is 4.87. The largest absolute Gasteiger partial charge is 0.497 e. The summed E-state index contributed by atoms with van der Waals surface area (Å²) < 4.78 is 15.4. The van der Waals surface area contributed by atoms with Gasteiger partial charge < -0.3 is 29.9 Å². The minimum Gasteiger partial charge on any atom is -0.497 e. The van der Waals surface area contributed by atoms with Crippen LogP contribution in [0, 0.1) is 5.92 Å². The van der Waals surface area contributed by atoms with Gasteiger partial charge in [-0.3, -0.25) is 19.2 Å². The molecule has 1 aromatic heterocycles. The monoisotopic (exact) mass is 540 g/mol. The molecule has 2 heterocycles. The Labute approximate surface area is 227 Å². The number of nitrogens with zero attached hydrogens (tertiary/aromatic N) is 1. The number of ketones is 1. The Balaban J connectivity index is 1.48. The zero-order valence-corrected chi connectivity index (χ0v) is 22.5. The highest BCUT2D eigenvalue weighted by Gasteiger charge is 2.50. The van der Waals surface area contributed by atoms with Crippen LogP contribution in [0.5, 0.6) is 5.75 Å². The molecule has 4 rings (SSSR count). The van der Waals surface area contributed by atoms with E-state index in [1.807, 2.05) is 0 Å². The third-order valence-corrected chi connectivity index (χ3v) is 7.41. The van der Waals surface area contributed by atoms with Gasteiger partial charge in [0.2, 0.25) is 17.6 Å². The summed E-state index contributed by atoms with van der Waals surface area (Å²) in [6.45, 7) is 3.57. The predicted molar refractivity (Wildman–Crippen MR) is 140 cm³/mol. The first-order valence-corrected chi connectivity index (χ1v) is 13.3. The van der Waals surface area contributed by atoms with Gasteiger partial charge in [-0.05, 0) is 43.9 Å². The topological polar surface area (TPSA) is 152 Å². The Morgan fingerprint density at radius 2 is 1.69 bits per heavy atom. The maximum atomic E-state index is 13.6. The third-order valence-electron chi connectivity index (χ3n) is 7.41. The van der Waals surface area contributed by atoms with Crippen molar-refractivity contribution in [1.82, 2.24) is 21.1 Å². The number of aromatic nitrogens is 1. The smallest absolute Gasteiger partial charge is 0.290 e. The number of carbonyl (C=O) groups is 4. The summed E-state index contributed by atoms with van der Waals surface area (Å²) in [6.07, 6.45) is 6.30. The predicted octanol–water partition coefficient (Wildman–Crippen LogP) is 1.95. The molecule has 1 saturated heterocycles. The van der Waals surface area contributed by atoms with Crippen molar-refractivity contribution in [2.24, 2.45) is 5.92 Å². The fourth-order valence-electron chi connectivity index (χ4n) is 4.87. The molecule has 11 heteroatoms. The number of rotatable bonds is 13. The Morgan fingerprint density at radius 3 is 2.28 bits per heavy atom. The van der Waals surface area contributed by atoms with Gasteiger partial charge in [0.05, 0.1) is 26.0 Å². The average molecular weight is 541 g/mol. The summed E-state index contributed by atoms with van der Waals surface area (Å²) in [7, 11) is 1.56. The van der Waals surface area contributed by atoms with Crippen molar-refractivity contribution in [2.75, 3.05) is 13.7 Å². The Morgan fingerprint density at radius 1 is 1.03 bits per heavy atom. The molecule has 210 valence electrons. The SMILES string of the molecule is COc1ccc(C[C@H](NC(=O)[C@@H](C)NC(=O)c2ccno2)C(=O)N[C@@H](CC2CCCC2)C(=O)[C@]2(C)CO2)cc1. The van der Waals surface area contributed by atoms with Crippen molar-refractivity contribution >= 4 is 23.5 Å². The number of nitrogens with one attached hydrogen (secondary N) is 3. The maximum Gasteiger partial charge on any atom is 0.290 e. The van der Waals surface area contributed by atoms with Crippen LogP contribution in [-0.2, 0) is 25.5 Å². The first kappa shape index (κ1) is 28.3. The zero-order valence-electron chi connectivity index (χ0n) is 22.5. The molecular weight excluding hydrogens is 504 g/mol. The second-order valence-electron chi connectivity index (χ2n) is 10.5. The molecule has 4 atom stereocenters. The highest BCUT2D eigenvalue weighted by molar-refractivity contribution is 5.99.